The van der Waals surface area contributed by atoms with Gasteiger partial charge in [0.05, 0.1) is 6.61 Å². The lowest BCUT2D eigenvalue weighted by atomic mass is 10.2. The van der Waals surface area contributed by atoms with Crippen LogP contribution in [0.5, 0.6) is 0 Å². The first-order chi connectivity index (χ1) is 6.20. The molecule has 0 aliphatic rings. The second-order valence-electron chi connectivity index (χ2n) is 3.41. The van der Waals surface area contributed by atoms with Crippen molar-refractivity contribution in [3.05, 3.63) is 0 Å². The molecule has 0 aromatic rings. The Morgan fingerprint density at radius 3 is 2.54 bits per heavy atom. The lowest BCUT2D eigenvalue weighted by molar-refractivity contribution is 0.124. The highest BCUT2D eigenvalue weighted by molar-refractivity contribution is 7.98. The molecule has 0 aliphatic carbocycles. The van der Waals surface area contributed by atoms with Crippen LogP contribution in [-0.2, 0) is 4.74 Å². The van der Waals surface area contributed by atoms with E-state index >= 15 is 0 Å². The molecule has 0 heterocycles. The van der Waals surface area contributed by atoms with Crippen LogP contribution in [0.2, 0.25) is 0 Å². The van der Waals surface area contributed by atoms with E-state index in [2.05, 4.69) is 25.4 Å². The van der Waals surface area contributed by atoms with Crippen LogP contribution in [-0.4, -0.2) is 37.3 Å². The molecule has 0 aliphatic heterocycles. The molecule has 0 saturated carbocycles. The number of ether oxygens (including phenoxy) is 1. The Kier molecular flexibility index (Phi) is 9.03. The molecule has 2 unspecified atom stereocenters. The van der Waals surface area contributed by atoms with Crippen molar-refractivity contribution in [2.24, 2.45) is 0 Å². The van der Waals surface area contributed by atoms with Crippen LogP contribution >= 0.6 is 11.8 Å². The summed E-state index contributed by atoms with van der Waals surface area (Å²) in [7, 11) is 0. The summed E-state index contributed by atoms with van der Waals surface area (Å²) < 4.78 is 5.33. The molecule has 80 valence electrons. The van der Waals surface area contributed by atoms with Gasteiger partial charge in [-0.15, -0.1) is 0 Å². The Morgan fingerprint density at radius 1 is 1.31 bits per heavy atom. The minimum atomic E-state index is 0.469. The third-order valence-corrected chi connectivity index (χ3v) is 2.54. The maximum atomic E-state index is 5.33. The Morgan fingerprint density at radius 2 is 2.00 bits per heavy atom. The summed E-state index contributed by atoms with van der Waals surface area (Å²) in [6, 6.07) is 1.07. The Labute approximate surface area is 86.8 Å². The molecule has 0 spiro atoms. The highest BCUT2D eigenvalue weighted by Gasteiger charge is 2.06. The van der Waals surface area contributed by atoms with Gasteiger partial charge in [-0.3, -0.25) is 0 Å². The molecule has 0 rings (SSSR count). The quantitative estimate of drug-likeness (QED) is 0.656. The predicted molar refractivity (Wildman–Crippen MR) is 61.6 cm³/mol. The lowest BCUT2D eigenvalue weighted by Gasteiger charge is -2.19. The molecule has 13 heavy (non-hydrogen) atoms. The monoisotopic (exact) mass is 205 g/mol. The molecule has 0 amide bonds. The minimum absolute atomic E-state index is 0.469. The molecule has 3 heteroatoms. The summed E-state index contributed by atoms with van der Waals surface area (Å²) >= 11 is 1.90. The largest absolute Gasteiger partial charge is 0.380 e. The number of hydrogen-bond acceptors (Lipinski definition) is 3. The smallest absolute Gasteiger partial charge is 0.0616 e. The van der Waals surface area contributed by atoms with E-state index in [4.69, 9.17) is 4.74 Å². The molecule has 2 nitrogen and oxygen atoms in total. The molecule has 0 aromatic heterocycles. The van der Waals surface area contributed by atoms with Gasteiger partial charge in [-0.2, -0.15) is 11.8 Å². The van der Waals surface area contributed by atoms with E-state index in [9.17, 15) is 0 Å². The second kappa shape index (κ2) is 8.85. The first-order valence-corrected chi connectivity index (χ1v) is 6.42. The van der Waals surface area contributed by atoms with Gasteiger partial charge in [-0.05, 0) is 39.2 Å². The first kappa shape index (κ1) is 13.3. The molecule has 0 aromatic carbocycles. The van der Waals surface area contributed by atoms with Crippen LogP contribution in [0.25, 0.3) is 0 Å². The van der Waals surface area contributed by atoms with Crippen molar-refractivity contribution >= 4 is 11.8 Å². The van der Waals surface area contributed by atoms with Crippen LogP contribution in [0.3, 0.4) is 0 Å². The van der Waals surface area contributed by atoms with Crippen LogP contribution in [0.4, 0.5) is 0 Å². The molecule has 0 bridgehead atoms. The standard InChI is InChI=1S/C10H23NOS/c1-5-12-8-10(3)11-9(2)6-7-13-4/h9-11H,5-8H2,1-4H3. The normalized spacial score (nSPS) is 15.7. The fraction of sp³-hybridized carbons (Fsp3) is 1.00. The van der Waals surface area contributed by atoms with Gasteiger partial charge in [0.15, 0.2) is 0 Å². The van der Waals surface area contributed by atoms with Crippen LogP contribution in [0, 0.1) is 0 Å². The van der Waals surface area contributed by atoms with Gasteiger partial charge in [0.25, 0.3) is 0 Å². The van der Waals surface area contributed by atoms with Crippen molar-refractivity contribution in [1.29, 1.82) is 0 Å². The molecule has 0 radical (unpaired) electrons. The minimum Gasteiger partial charge on any atom is -0.380 e. The summed E-state index contributed by atoms with van der Waals surface area (Å²) in [5.74, 6) is 1.23. The van der Waals surface area contributed by atoms with Gasteiger partial charge < -0.3 is 10.1 Å². The average Bonchev–Trinajstić information content (AvgIpc) is 2.11. The summed E-state index contributed by atoms with van der Waals surface area (Å²) in [6.45, 7) is 8.07. The van der Waals surface area contributed by atoms with E-state index in [1.807, 2.05) is 18.7 Å². The van der Waals surface area contributed by atoms with Crippen molar-refractivity contribution in [2.45, 2.75) is 39.3 Å². The number of thioether (sulfide) groups is 1. The molecular formula is C10H23NOS. The van der Waals surface area contributed by atoms with E-state index in [-0.39, 0.29) is 0 Å². The number of hydrogen-bond donors (Lipinski definition) is 1. The summed E-state index contributed by atoms with van der Waals surface area (Å²) in [5, 5.41) is 3.51. The van der Waals surface area contributed by atoms with E-state index in [1.54, 1.807) is 0 Å². The maximum absolute atomic E-state index is 5.33. The third-order valence-electron chi connectivity index (χ3n) is 1.90. The molecule has 0 fully saturated rings. The van der Waals surface area contributed by atoms with Gasteiger partial charge in [0, 0.05) is 18.7 Å². The Balaban J connectivity index is 3.35. The zero-order valence-electron chi connectivity index (χ0n) is 9.30. The number of nitrogens with one attached hydrogen (secondary N) is 1. The number of rotatable bonds is 8. The first-order valence-electron chi connectivity index (χ1n) is 5.03. The van der Waals surface area contributed by atoms with Crippen LogP contribution in [0.15, 0.2) is 0 Å². The maximum Gasteiger partial charge on any atom is 0.0616 e. The summed E-state index contributed by atoms with van der Waals surface area (Å²) in [4.78, 5) is 0. The van der Waals surface area contributed by atoms with E-state index < -0.39 is 0 Å². The molecule has 2 atom stereocenters. The Bertz CT molecular complexity index is 99.1. The highest BCUT2D eigenvalue weighted by atomic mass is 32.2. The lowest BCUT2D eigenvalue weighted by Crippen LogP contribution is -2.37. The average molecular weight is 205 g/mol. The molecule has 1 N–H and O–H groups in total. The van der Waals surface area contributed by atoms with Crippen LogP contribution in [0.1, 0.15) is 27.2 Å². The van der Waals surface area contributed by atoms with Crippen molar-refractivity contribution in [3.8, 4) is 0 Å². The molecular weight excluding hydrogens is 182 g/mol. The van der Waals surface area contributed by atoms with Gasteiger partial charge in [-0.1, -0.05) is 0 Å². The topological polar surface area (TPSA) is 21.3 Å². The zero-order chi connectivity index (χ0) is 10.1. The highest BCUT2D eigenvalue weighted by Crippen LogP contribution is 2.00. The van der Waals surface area contributed by atoms with Gasteiger partial charge in [0.1, 0.15) is 0 Å². The van der Waals surface area contributed by atoms with Crippen LogP contribution < -0.4 is 5.32 Å². The van der Waals surface area contributed by atoms with Crippen molar-refractivity contribution in [2.75, 3.05) is 25.2 Å². The second-order valence-corrected chi connectivity index (χ2v) is 4.40. The van der Waals surface area contributed by atoms with Gasteiger partial charge in [-0.25, -0.2) is 0 Å². The predicted octanol–water partition coefficient (Wildman–Crippen LogP) is 2.14. The fourth-order valence-corrected chi connectivity index (χ4v) is 1.80. The van der Waals surface area contributed by atoms with Gasteiger partial charge in [0.2, 0.25) is 0 Å². The fourth-order valence-electron chi connectivity index (χ4n) is 1.21. The molecule has 0 saturated heterocycles. The summed E-state index contributed by atoms with van der Waals surface area (Å²) in [6.07, 6.45) is 3.38. The SMILES string of the molecule is CCOCC(C)NC(C)CCSC. The summed E-state index contributed by atoms with van der Waals surface area (Å²) in [5.41, 5.74) is 0. The van der Waals surface area contributed by atoms with Gasteiger partial charge >= 0.3 is 0 Å². The Hall–Kier alpha value is 0.270. The van der Waals surface area contributed by atoms with Crippen molar-refractivity contribution in [3.63, 3.8) is 0 Å². The van der Waals surface area contributed by atoms with E-state index in [0.29, 0.717) is 12.1 Å². The third kappa shape index (κ3) is 8.60. The van der Waals surface area contributed by atoms with Crippen molar-refractivity contribution in [1.82, 2.24) is 5.32 Å². The van der Waals surface area contributed by atoms with E-state index in [0.717, 1.165) is 13.2 Å². The van der Waals surface area contributed by atoms with E-state index in [1.165, 1.54) is 12.2 Å². The zero-order valence-corrected chi connectivity index (χ0v) is 10.1. The van der Waals surface area contributed by atoms with Crippen molar-refractivity contribution < 1.29 is 4.74 Å².